The second-order valence-corrected chi connectivity index (χ2v) is 1.75. The molecule has 1 radical (unpaired) electrons. The van der Waals surface area contributed by atoms with Gasteiger partial charge in [0.05, 0.1) is 0 Å². The van der Waals surface area contributed by atoms with Gasteiger partial charge in [-0.25, -0.2) is 0 Å². The number of hydrogen-bond donors (Lipinski definition) is 1. The molecule has 0 aromatic heterocycles. The van der Waals surface area contributed by atoms with Crippen LogP contribution in [0, 0.1) is 12.3 Å². The Labute approximate surface area is 50.1 Å². The number of carbonyl (C=O) groups excluding carboxylic acids is 1. The van der Waals surface area contributed by atoms with E-state index < -0.39 is 0 Å². The Morgan fingerprint density at radius 2 is 2.38 bits per heavy atom. The summed E-state index contributed by atoms with van der Waals surface area (Å²) in [5.41, 5.74) is 4.99. The van der Waals surface area contributed by atoms with Gasteiger partial charge in [0.15, 0.2) is 0 Å². The predicted octanol–water partition coefficient (Wildman–Crippen LogP) is 0.722. The fourth-order valence-corrected chi connectivity index (χ4v) is 0.601. The molecule has 2 N–H and O–H groups in total. The van der Waals surface area contributed by atoms with Crippen LogP contribution in [0.15, 0.2) is 0 Å². The summed E-state index contributed by atoms with van der Waals surface area (Å²) in [6.45, 7) is 3.79. The molecule has 0 aliphatic carbocycles. The normalized spacial score (nSPS) is 9.88. The topological polar surface area (TPSA) is 43.1 Å². The minimum Gasteiger partial charge on any atom is -0.369 e. The van der Waals surface area contributed by atoms with E-state index in [9.17, 15) is 4.79 Å². The lowest BCUT2D eigenvalue weighted by molar-refractivity contribution is -0.120. The maximum absolute atomic E-state index is 10.4. The summed E-state index contributed by atoms with van der Waals surface area (Å²) in [6, 6.07) is 0. The summed E-state index contributed by atoms with van der Waals surface area (Å²) in [5.74, 6) is -0.259. The van der Waals surface area contributed by atoms with Gasteiger partial charge in [0.25, 0.3) is 0 Å². The molecular formula is C6H12NO. The summed E-state index contributed by atoms with van der Waals surface area (Å²) in [7, 11) is 0. The molecule has 0 aromatic rings. The Balaban J connectivity index is 3.52. The summed E-state index contributed by atoms with van der Waals surface area (Å²) >= 11 is 0. The van der Waals surface area contributed by atoms with Crippen LogP contribution in [-0.2, 0) is 4.79 Å². The van der Waals surface area contributed by atoms with Gasteiger partial charge in [-0.3, -0.25) is 4.79 Å². The van der Waals surface area contributed by atoms with Crippen LogP contribution < -0.4 is 5.73 Å². The van der Waals surface area contributed by atoms with Gasteiger partial charge in [0, 0.05) is 5.92 Å². The molecule has 0 bridgehead atoms. The highest BCUT2D eigenvalue weighted by atomic mass is 16.1. The van der Waals surface area contributed by atoms with Crippen LogP contribution in [0.2, 0.25) is 0 Å². The van der Waals surface area contributed by atoms with Crippen LogP contribution in [0.25, 0.3) is 0 Å². The van der Waals surface area contributed by atoms with Crippen LogP contribution in [0.3, 0.4) is 0 Å². The van der Waals surface area contributed by atoms with Crippen molar-refractivity contribution < 1.29 is 4.79 Å². The van der Waals surface area contributed by atoms with Crippen LogP contribution in [0.5, 0.6) is 0 Å². The lowest BCUT2D eigenvalue weighted by atomic mass is 10.0. The van der Waals surface area contributed by atoms with E-state index in [0.717, 1.165) is 6.42 Å². The quantitative estimate of drug-likeness (QED) is 0.577. The zero-order valence-electron chi connectivity index (χ0n) is 5.35. The Hall–Kier alpha value is -0.530. The Morgan fingerprint density at radius 3 is 2.38 bits per heavy atom. The van der Waals surface area contributed by atoms with Crippen LogP contribution in [0.4, 0.5) is 0 Å². The van der Waals surface area contributed by atoms with Crippen molar-refractivity contribution >= 4 is 5.91 Å². The van der Waals surface area contributed by atoms with Crippen LogP contribution in [-0.4, -0.2) is 5.91 Å². The first-order chi connectivity index (χ1) is 3.72. The molecule has 0 saturated carbocycles. The third-order valence-electron chi connectivity index (χ3n) is 1.21. The van der Waals surface area contributed by atoms with Crippen molar-refractivity contribution in [2.45, 2.75) is 20.3 Å². The van der Waals surface area contributed by atoms with E-state index in [1.165, 1.54) is 0 Å². The van der Waals surface area contributed by atoms with E-state index in [1.54, 1.807) is 0 Å². The van der Waals surface area contributed by atoms with E-state index in [4.69, 9.17) is 5.73 Å². The number of rotatable bonds is 3. The molecule has 0 rings (SSSR count). The highest BCUT2D eigenvalue weighted by Gasteiger charge is 2.08. The van der Waals surface area contributed by atoms with E-state index >= 15 is 0 Å². The fraction of sp³-hybridized carbons (Fsp3) is 0.667. The summed E-state index contributed by atoms with van der Waals surface area (Å²) in [4.78, 5) is 10.4. The highest BCUT2D eigenvalue weighted by molar-refractivity contribution is 5.77. The van der Waals surface area contributed by atoms with E-state index in [2.05, 4.69) is 0 Å². The SMILES string of the molecule is C[CH]C(CC)C(N)=O. The molecule has 0 aromatic carbocycles. The lowest BCUT2D eigenvalue weighted by Crippen LogP contribution is -2.21. The van der Waals surface area contributed by atoms with Crippen molar-refractivity contribution in [2.24, 2.45) is 11.7 Å². The summed E-state index contributed by atoms with van der Waals surface area (Å²) < 4.78 is 0. The molecule has 47 valence electrons. The molecule has 0 aliphatic heterocycles. The van der Waals surface area contributed by atoms with Gasteiger partial charge in [-0.05, 0) is 12.8 Å². The second-order valence-electron chi connectivity index (χ2n) is 1.75. The van der Waals surface area contributed by atoms with Gasteiger partial charge in [-0.15, -0.1) is 0 Å². The largest absolute Gasteiger partial charge is 0.369 e. The first-order valence-electron chi connectivity index (χ1n) is 2.81. The van der Waals surface area contributed by atoms with Crippen molar-refractivity contribution in [3.8, 4) is 0 Å². The van der Waals surface area contributed by atoms with Gasteiger partial charge < -0.3 is 5.73 Å². The molecule has 0 heterocycles. The molecule has 0 fully saturated rings. The van der Waals surface area contributed by atoms with Gasteiger partial charge in [0.2, 0.25) is 5.91 Å². The third-order valence-corrected chi connectivity index (χ3v) is 1.21. The van der Waals surface area contributed by atoms with Crippen LogP contribution >= 0.6 is 0 Å². The monoisotopic (exact) mass is 114 g/mol. The second kappa shape index (κ2) is 3.47. The molecule has 1 amide bonds. The Kier molecular flexibility index (Phi) is 3.24. The van der Waals surface area contributed by atoms with Crippen molar-refractivity contribution in [1.29, 1.82) is 0 Å². The molecule has 0 spiro atoms. The standard InChI is InChI=1S/C6H12NO/c1-3-5(4-2)6(7)8/h3,5H,4H2,1-2H3,(H2,7,8). The Bertz CT molecular complexity index is 76.6. The van der Waals surface area contributed by atoms with Crippen molar-refractivity contribution in [1.82, 2.24) is 0 Å². The average molecular weight is 114 g/mol. The molecule has 8 heavy (non-hydrogen) atoms. The third kappa shape index (κ3) is 1.96. The maximum atomic E-state index is 10.4. The van der Waals surface area contributed by atoms with Crippen molar-refractivity contribution in [3.05, 3.63) is 6.42 Å². The van der Waals surface area contributed by atoms with Gasteiger partial charge in [-0.2, -0.15) is 0 Å². The zero-order valence-corrected chi connectivity index (χ0v) is 5.35. The predicted molar refractivity (Wildman–Crippen MR) is 32.9 cm³/mol. The molecule has 2 heteroatoms. The number of hydrogen-bond acceptors (Lipinski definition) is 1. The minimum atomic E-state index is -0.227. The van der Waals surface area contributed by atoms with E-state index in [0.29, 0.717) is 0 Å². The van der Waals surface area contributed by atoms with E-state index in [1.807, 2.05) is 20.3 Å². The lowest BCUT2D eigenvalue weighted by Gasteiger charge is -2.03. The number of nitrogens with two attached hydrogens (primary N) is 1. The molecule has 2 nitrogen and oxygen atoms in total. The number of carbonyl (C=O) groups is 1. The van der Waals surface area contributed by atoms with Crippen molar-refractivity contribution in [3.63, 3.8) is 0 Å². The highest BCUT2D eigenvalue weighted by Crippen LogP contribution is 2.03. The van der Waals surface area contributed by atoms with Crippen molar-refractivity contribution in [2.75, 3.05) is 0 Å². The average Bonchev–Trinajstić information content (AvgIpc) is 1.69. The van der Waals surface area contributed by atoms with Gasteiger partial charge >= 0.3 is 0 Å². The number of primary amides is 1. The molecule has 1 atom stereocenters. The first kappa shape index (κ1) is 7.47. The summed E-state index contributed by atoms with van der Waals surface area (Å²) in [6.07, 6.45) is 2.63. The maximum Gasteiger partial charge on any atom is 0.220 e. The smallest absolute Gasteiger partial charge is 0.220 e. The first-order valence-corrected chi connectivity index (χ1v) is 2.81. The van der Waals surface area contributed by atoms with E-state index in [-0.39, 0.29) is 11.8 Å². The number of amides is 1. The van der Waals surface area contributed by atoms with Gasteiger partial charge in [0.1, 0.15) is 0 Å². The molecule has 1 unspecified atom stereocenters. The molecule has 0 saturated heterocycles. The Morgan fingerprint density at radius 1 is 1.88 bits per heavy atom. The molecule has 0 aliphatic rings. The minimum absolute atomic E-state index is 0.0324. The van der Waals surface area contributed by atoms with Gasteiger partial charge in [-0.1, -0.05) is 13.8 Å². The molecular weight excluding hydrogens is 102 g/mol. The fourth-order valence-electron chi connectivity index (χ4n) is 0.601. The van der Waals surface area contributed by atoms with Crippen LogP contribution in [0.1, 0.15) is 20.3 Å². The summed E-state index contributed by atoms with van der Waals surface area (Å²) in [5, 5.41) is 0. The zero-order chi connectivity index (χ0) is 6.57.